The number of nitro groups is 1. The zero-order chi connectivity index (χ0) is 13.8. The molecule has 2 rings (SSSR count). The highest BCUT2D eigenvalue weighted by Crippen LogP contribution is 2.30. The summed E-state index contributed by atoms with van der Waals surface area (Å²) in [6, 6.07) is 1.91. The molecule has 2 heterocycles. The molecule has 0 aliphatic carbocycles. The normalized spacial score (nSPS) is 10.4. The predicted octanol–water partition coefficient (Wildman–Crippen LogP) is 2.14. The van der Waals surface area contributed by atoms with Crippen LogP contribution in [-0.2, 0) is 13.5 Å². The average Bonchev–Trinajstić information content (AvgIpc) is 2.77. The Hall–Kier alpha value is -1.96. The lowest BCUT2D eigenvalue weighted by Gasteiger charge is -2.07. The summed E-state index contributed by atoms with van der Waals surface area (Å²) in [4.78, 5) is 14.2. The van der Waals surface area contributed by atoms with Gasteiger partial charge in [-0.25, -0.2) is 0 Å². The second-order valence-corrected chi connectivity index (χ2v) is 4.78. The number of aryl methyl sites for hydroxylation is 1. The Balaban J connectivity index is 2.05. The molecule has 1 N–H and O–H groups in total. The van der Waals surface area contributed by atoms with Gasteiger partial charge in [0, 0.05) is 32.4 Å². The molecular formula is C11H12BrN5O2. The van der Waals surface area contributed by atoms with Crippen molar-refractivity contribution in [1.29, 1.82) is 0 Å². The van der Waals surface area contributed by atoms with E-state index in [4.69, 9.17) is 0 Å². The maximum Gasteiger partial charge on any atom is 0.311 e. The van der Waals surface area contributed by atoms with Crippen LogP contribution in [0.25, 0.3) is 0 Å². The summed E-state index contributed by atoms with van der Waals surface area (Å²) in [7, 11) is 1.85. The third-order valence-electron chi connectivity index (χ3n) is 2.53. The highest BCUT2D eigenvalue weighted by Gasteiger charge is 2.16. The van der Waals surface area contributed by atoms with Crippen LogP contribution >= 0.6 is 15.9 Å². The number of hydrogen-bond acceptors (Lipinski definition) is 5. The molecular weight excluding hydrogens is 314 g/mol. The van der Waals surface area contributed by atoms with Gasteiger partial charge in [0.05, 0.1) is 15.1 Å². The van der Waals surface area contributed by atoms with Gasteiger partial charge in [-0.15, -0.1) is 0 Å². The molecule has 0 aliphatic heterocycles. The van der Waals surface area contributed by atoms with Gasteiger partial charge in [-0.3, -0.25) is 19.8 Å². The Kier molecular flexibility index (Phi) is 4.10. The van der Waals surface area contributed by atoms with Crippen LogP contribution in [0.3, 0.4) is 0 Å². The fourth-order valence-corrected chi connectivity index (χ4v) is 2.11. The Morgan fingerprint density at radius 2 is 2.32 bits per heavy atom. The van der Waals surface area contributed by atoms with Crippen molar-refractivity contribution in [1.82, 2.24) is 14.8 Å². The van der Waals surface area contributed by atoms with Crippen LogP contribution in [0.4, 0.5) is 11.4 Å². The van der Waals surface area contributed by atoms with Gasteiger partial charge in [0.1, 0.15) is 11.9 Å². The number of hydrogen-bond donors (Lipinski definition) is 1. The van der Waals surface area contributed by atoms with Gasteiger partial charge in [0.25, 0.3) is 0 Å². The van der Waals surface area contributed by atoms with Gasteiger partial charge in [0.2, 0.25) is 0 Å². The minimum absolute atomic E-state index is 0.0459. The number of nitrogens with one attached hydrogen (secondary N) is 1. The van der Waals surface area contributed by atoms with E-state index in [0.717, 1.165) is 5.69 Å². The van der Waals surface area contributed by atoms with E-state index in [1.807, 2.05) is 19.3 Å². The van der Waals surface area contributed by atoms with E-state index < -0.39 is 4.92 Å². The fourth-order valence-electron chi connectivity index (χ4n) is 1.65. The maximum absolute atomic E-state index is 10.9. The average molecular weight is 326 g/mol. The highest BCUT2D eigenvalue weighted by atomic mass is 79.9. The Morgan fingerprint density at radius 1 is 1.53 bits per heavy atom. The molecule has 0 amide bonds. The van der Waals surface area contributed by atoms with Crippen LogP contribution in [0.2, 0.25) is 0 Å². The molecule has 100 valence electrons. The number of aromatic nitrogens is 3. The standard InChI is InChI=1S/C11H12BrN5O2/c1-16-5-3-8(15-16)2-4-14-11-9(12)6-13-7-10(11)17(18)19/h3,5-7H,2,4H2,1H3,(H,13,14). The first kappa shape index (κ1) is 13.5. The van der Waals surface area contributed by atoms with Gasteiger partial charge < -0.3 is 5.32 Å². The Bertz CT molecular complexity index is 599. The van der Waals surface area contributed by atoms with E-state index in [0.29, 0.717) is 23.1 Å². The van der Waals surface area contributed by atoms with Crippen molar-refractivity contribution in [2.24, 2.45) is 7.05 Å². The molecule has 19 heavy (non-hydrogen) atoms. The number of halogens is 1. The van der Waals surface area contributed by atoms with E-state index >= 15 is 0 Å². The third-order valence-corrected chi connectivity index (χ3v) is 3.13. The van der Waals surface area contributed by atoms with Gasteiger partial charge in [-0.1, -0.05) is 0 Å². The van der Waals surface area contributed by atoms with Gasteiger partial charge in [-0.2, -0.15) is 5.10 Å². The first-order chi connectivity index (χ1) is 9.08. The maximum atomic E-state index is 10.9. The largest absolute Gasteiger partial charge is 0.378 e. The quantitative estimate of drug-likeness (QED) is 0.672. The predicted molar refractivity (Wildman–Crippen MR) is 74.0 cm³/mol. The van der Waals surface area contributed by atoms with Crippen molar-refractivity contribution in [2.75, 3.05) is 11.9 Å². The molecule has 7 nitrogen and oxygen atoms in total. The minimum Gasteiger partial charge on any atom is -0.378 e. The zero-order valence-corrected chi connectivity index (χ0v) is 11.8. The van der Waals surface area contributed by atoms with E-state index in [1.165, 1.54) is 12.4 Å². The monoisotopic (exact) mass is 325 g/mol. The minimum atomic E-state index is -0.457. The molecule has 0 spiro atoms. The van der Waals surface area contributed by atoms with Gasteiger partial charge in [-0.05, 0) is 22.0 Å². The van der Waals surface area contributed by atoms with Crippen molar-refractivity contribution >= 4 is 27.3 Å². The first-order valence-corrected chi connectivity index (χ1v) is 6.37. The molecule has 0 saturated carbocycles. The Labute approximate surface area is 117 Å². The van der Waals surface area contributed by atoms with Gasteiger partial charge in [0.15, 0.2) is 0 Å². The summed E-state index contributed by atoms with van der Waals surface area (Å²) in [5.41, 5.74) is 1.33. The summed E-state index contributed by atoms with van der Waals surface area (Å²) in [6.07, 6.45) is 5.30. The second-order valence-electron chi connectivity index (χ2n) is 3.93. The number of anilines is 1. The summed E-state index contributed by atoms with van der Waals surface area (Å²) in [5, 5.41) is 18.2. The van der Waals surface area contributed by atoms with Crippen molar-refractivity contribution in [3.05, 3.63) is 44.9 Å². The smallest absolute Gasteiger partial charge is 0.311 e. The second kappa shape index (κ2) is 5.79. The van der Waals surface area contributed by atoms with E-state index in [9.17, 15) is 10.1 Å². The summed E-state index contributed by atoms with van der Waals surface area (Å²) >= 11 is 3.26. The van der Waals surface area contributed by atoms with Crippen molar-refractivity contribution in [3.8, 4) is 0 Å². The van der Waals surface area contributed by atoms with Crippen molar-refractivity contribution in [2.45, 2.75) is 6.42 Å². The van der Waals surface area contributed by atoms with Crippen molar-refractivity contribution < 1.29 is 4.92 Å². The molecule has 0 atom stereocenters. The molecule has 0 saturated heterocycles. The van der Waals surface area contributed by atoms with Crippen LogP contribution in [-0.4, -0.2) is 26.2 Å². The number of nitrogens with zero attached hydrogens (tertiary/aromatic N) is 4. The fraction of sp³-hybridized carbons (Fsp3) is 0.273. The number of pyridine rings is 1. The van der Waals surface area contributed by atoms with E-state index in [1.54, 1.807) is 4.68 Å². The van der Waals surface area contributed by atoms with Crippen LogP contribution in [0, 0.1) is 10.1 Å². The summed E-state index contributed by atoms with van der Waals surface area (Å²) in [5.74, 6) is 0. The highest BCUT2D eigenvalue weighted by molar-refractivity contribution is 9.10. The SMILES string of the molecule is Cn1ccc(CCNc2c(Br)cncc2[N+](=O)[O-])n1. The molecule has 0 bridgehead atoms. The van der Waals surface area contributed by atoms with E-state index in [2.05, 4.69) is 31.3 Å². The molecule has 0 radical (unpaired) electrons. The molecule has 0 fully saturated rings. The molecule has 0 aromatic carbocycles. The summed E-state index contributed by atoms with van der Waals surface area (Å²) < 4.78 is 2.29. The third kappa shape index (κ3) is 3.28. The lowest BCUT2D eigenvalue weighted by Crippen LogP contribution is -2.08. The van der Waals surface area contributed by atoms with Gasteiger partial charge >= 0.3 is 5.69 Å². The Morgan fingerprint density at radius 3 is 2.95 bits per heavy atom. The number of rotatable bonds is 5. The lowest BCUT2D eigenvalue weighted by molar-refractivity contribution is -0.384. The molecule has 0 unspecified atom stereocenters. The topological polar surface area (TPSA) is 85.9 Å². The summed E-state index contributed by atoms with van der Waals surface area (Å²) in [6.45, 7) is 0.556. The van der Waals surface area contributed by atoms with Crippen LogP contribution < -0.4 is 5.32 Å². The molecule has 2 aromatic rings. The molecule has 2 aromatic heterocycles. The van der Waals surface area contributed by atoms with Crippen LogP contribution in [0.5, 0.6) is 0 Å². The molecule has 8 heteroatoms. The lowest BCUT2D eigenvalue weighted by atomic mass is 10.3. The van der Waals surface area contributed by atoms with Crippen LogP contribution in [0.1, 0.15) is 5.69 Å². The van der Waals surface area contributed by atoms with Crippen LogP contribution in [0.15, 0.2) is 29.1 Å². The van der Waals surface area contributed by atoms with Crippen molar-refractivity contribution in [3.63, 3.8) is 0 Å². The molecule has 0 aliphatic rings. The first-order valence-electron chi connectivity index (χ1n) is 5.58. The van der Waals surface area contributed by atoms with E-state index in [-0.39, 0.29) is 5.69 Å². The zero-order valence-electron chi connectivity index (χ0n) is 10.2.